The third kappa shape index (κ3) is 3.51. The number of rotatable bonds is 4. The summed E-state index contributed by atoms with van der Waals surface area (Å²) >= 11 is 5.65. The van der Waals surface area contributed by atoms with E-state index in [1.807, 2.05) is 0 Å². The van der Waals surface area contributed by atoms with Crippen LogP contribution in [0.4, 0.5) is 4.39 Å². The molecule has 4 heteroatoms. The summed E-state index contributed by atoms with van der Waals surface area (Å²) in [5.74, 6) is -0.406. The van der Waals surface area contributed by atoms with Crippen LogP contribution in [0, 0.1) is 5.82 Å². The number of ketones is 1. The number of carbonyl (C=O) groups is 1. The summed E-state index contributed by atoms with van der Waals surface area (Å²) in [5, 5.41) is 0.345. The lowest BCUT2D eigenvalue weighted by molar-refractivity contribution is -0.120. The second-order valence-corrected chi connectivity index (χ2v) is 4.73. The second kappa shape index (κ2) is 5.61. The quantitative estimate of drug-likeness (QED) is 0.827. The minimum Gasteiger partial charge on any atom is -0.378 e. The molecule has 0 saturated carbocycles. The topological polar surface area (TPSA) is 26.3 Å². The largest absolute Gasteiger partial charge is 0.378 e. The van der Waals surface area contributed by atoms with E-state index in [1.54, 1.807) is 12.1 Å². The first-order chi connectivity index (χ1) is 8.15. The fraction of sp³-hybridized carbons (Fsp3) is 0.462. The van der Waals surface area contributed by atoms with E-state index in [9.17, 15) is 9.18 Å². The molecule has 1 unspecified atom stereocenters. The Balaban J connectivity index is 1.93. The monoisotopic (exact) mass is 256 g/mol. The van der Waals surface area contributed by atoms with Crippen molar-refractivity contribution >= 4 is 17.4 Å². The van der Waals surface area contributed by atoms with Crippen molar-refractivity contribution in [1.29, 1.82) is 0 Å². The maximum absolute atomic E-state index is 13.5. The number of ether oxygens (including phenoxy) is 1. The fourth-order valence-corrected chi connectivity index (χ4v) is 2.17. The van der Waals surface area contributed by atoms with Crippen LogP contribution in [0.3, 0.4) is 0 Å². The Morgan fingerprint density at radius 3 is 3.00 bits per heavy atom. The van der Waals surface area contributed by atoms with Crippen molar-refractivity contribution in [1.82, 2.24) is 0 Å². The van der Waals surface area contributed by atoms with Crippen LogP contribution < -0.4 is 0 Å². The lowest BCUT2D eigenvalue weighted by atomic mass is 10.0. The molecule has 1 aromatic carbocycles. The predicted molar refractivity (Wildman–Crippen MR) is 63.7 cm³/mol. The van der Waals surface area contributed by atoms with Crippen LogP contribution in [0.2, 0.25) is 5.02 Å². The molecule has 2 nitrogen and oxygen atoms in total. The van der Waals surface area contributed by atoms with Gasteiger partial charge in [0.05, 0.1) is 6.10 Å². The van der Waals surface area contributed by atoms with E-state index in [0.717, 1.165) is 19.4 Å². The van der Waals surface area contributed by atoms with Gasteiger partial charge in [-0.05, 0) is 30.5 Å². The predicted octanol–water partition coefficient (Wildman–Crippen LogP) is 3.16. The number of benzene rings is 1. The molecule has 1 aliphatic rings. The molecule has 1 saturated heterocycles. The van der Waals surface area contributed by atoms with Crippen LogP contribution in [0.15, 0.2) is 18.2 Å². The molecular weight excluding hydrogens is 243 g/mol. The van der Waals surface area contributed by atoms with Crippen molar-refractivity contribution < 1.29 is 13.9 Å². The van der Waals surface area contributed by atoms with Crippen LogP contribution in [0.5, 0.6) is 0 Å². The highest BCUT2D eigenvalue weighted by Crippen LogP contribution is 2.19. The average Bonchev–Trinajstić information content (AvgIpc) is 2.75. The molecule has 0 N–H and O–H groups in total. The smallest absolute Gasteiger partial charge is 0.139 e. The number of hydrogen-bond donors (Lipinski definition) is 0. The van der Waals surface area contributed by atoms with E-state index < -0.39 is 5.82 Å². The summed E-state index contributed by atoms with van der Waals surface area (Å²) in [6.07, 6.45) is 2.45. The minimum atomic E-state index is -0.418. The Morgan fingerprint density at radius 2 is 2.35 bits per heavy atom. The standard InChI is InChI=1S/C13H14ClFO2/c14-10-4-3-9(13(15)7-10)6-11(16)8-12-2-1-5-17-12/h3-4,7,12H,1-2,5-6,8H2. The van der Waals surface area contributed by atoms with Gasteiger partial charge in [-0.3, -0.25) is 4.79 Å². The zero-order valence-electron chi connectivity index (χ0n) is 9.42. The van der Waals surface area contributed by atoms with Gasteiger partial charge in [-0.25, -0.2) is 4.39 Å². The first kappa shape index (κ1) is 12.5. The van der Waals surface area contributed by atoms with Crippen LogP contribution in [0.1, 0.15) is 24.8 Å². The SMILES string of the molecule is O=C(Cc1ccc(Cl)cc1F)CC1CCCO1. The third-order valence-corrected chi connectivity index (χ3v) is 3.12. The molecule has 1 aromatic rings. The van der Waals surface area contributed by atoms with E-state index in [1.165, 1.54) is 6.07 Å². The van der Waals surface area contributed by atoms with E-state index in [2.05, 4.69) is 0 Å². The van der Waals surface area contributed by atoms with Crippen LogP contribution in [-0.4, -0.2) is 18.5 Å². The molecular formula is C13H14ClFO2. The van der Waals surface area contributed by atoms with E-state index in [4.69, 9.17) is 16.3 Å². The van der Waals surface area contributed by atoms with Gasteiger partial charge >= 0.3 is 0 Å². The maximum Gasteiger partial charge on any atom is 0.139 e. The molecule has 2 rings (SSSR count). The molecule has 0 aliphatic carbocycles. The molecule has 1 heterocycles. The summed E-state index contributed by atoms with van der Waals surface area (Å²) in [5.41, 5.74) is 0.400. The van der Waals surface area contributed by atoms with Gasteiger partial charge in [0.2, 0.25) is 0 Å². The lowest BCUT2D eigenvalue weighted by Crippen LogP contribution is -2.14. The molecule has 1 atom stereocenters. The lowest BCUT2D eigenvalue weighted by Gasteiger charge is -2.08. The summed E-state index contributed by atoms with van der Waals surface area (Å²) in [6, 6.07) is 4.39. The third-order valence-electron chi connectivity index (χ3n) is 2.88. The van der Waals surface area contributed by atoms with Crippen molar-refractivity contribution in [2.75, 3.05) is 6.61 Å². The van der Waals surface area contributed by atoms with Crippen molar-refractivity contribution in [3.8, 4) is 0 Å². The molecule has 0 amide bonds. The Morgan fingerprint density at radius 1 is 1.53 bits per heavy atom. The summed E-state index contributed by atoms with van der Waals surface area (Å²) in [4.78, 5) is 11.7. The van der Waals surface area contributed by atoms with Crippen molar-refractivity contribution in [3.63, 3.8) is 0 Å². The van der Waals surface area contributed by atoms with Gasteiger partial charge in [-0.2, -0.15) is 0 Å². The number of carbonyl (C=O) groups excluding carboxylic acids is 1. The van der Waals surface area contributed by atoms with Crippen molar-refractivity contribution in [2.45, 2.75) is 31.8 Å². The van der Waals surface area contributed by atoms with Gasteiger partial charge in [-0.1, -0.05) is 17.7 Å². The fourth-order valence-electron chi connectivity index (χ4n) is 2.01. The van der Waals surface area contributed by atoms with Crippen molar-refractivity contribution in [2.24, 2.45) is 0 Å². The Hall–Kier alpha value is -0.930. The highest BCUT2D eigenvalue weighted by molar-refractivity contribution is 6.30. The zero-order chi connectivity index (χ0) is 12.3. The van der Waals surface area contributed by atoms with E-state index >= 15 is 0 Å². The van der Waals surface area contributed by atoms with Gasteiger partial charge in [-0.15, -0.1) is 0 Å². The normalized spacial score (nSPS) is 19.5. The molecule has 92 valence electrons. The molecule has 0 spiro atoms. The second-order valence-electron chi connectivity index (χ2n) is 4.29. The Bertz CT molecular complexity index is 414. The number of halogens is 2. The first-order valence-corrected chi connectivity index (χ1v) is 6.10. The Kier molecular flexibility index (Phi) is 4.13. The van der Waals surface area contributed by atoms with Gasteiger partial charge in [0.15, 0.2) is 0 Å². The molecule has 0 bridgehead atoms. The minimum absolute atomic E-state index is 0.0122. The summed E-state index contributed by atoms with van der Waals surface area (Å²) in [6.45, 7) is 0.729. The van der Waals surface area contributed by atoms with Gasteiger partial charge in [0.25, 0.3) is 0 Å². The summed E-state index contributed by atoms with van der Waals surface area (Å²) in [7, 11) is 0. The average molecular weight is 257 g/mol. The highest BCUT2D eigenvalue weighted by Gasteiger charge is 2.19. The maximum atomic E-state index is 13.5. The van der Waals surface area contributed by atoms with Gasteiger partial charge in [0.1, 0.15) is 11.6 Å². The van der Waals surface area contributed by atoms with Crippen LogP contribution in [0.25, 0.3) is 0 Å². The van der Waals surface area contributed by atoms with E-state index in [0.29, 0.717) is 17.0 Å². The van der Waals surface area contributed by atoms with Gasteiger partial charge in [0, 0.05) is 24.5 Å². The molecule has 0 aromatic heterocycles. The van der Waals surface area contributed by atoms with Crippen LogP contribution in [-0.2, 0) is 16.0 Å². The summed E-state index contributed by atoms with van der Waals surface area (Å²) < 4.78 is 18.8. The van der Waals surface area contributed by atoms with Gasteiger partial charge < -0.3 is 4.74 Å². The molecule has 1 fully saturated rings. The van der Waals surface area contributed by atoms with Crippen LogP contribution >= 0.6 is 11.6 Å². The number of Topliss-reactive ketones (excluding diaryl/α,β-unsaturated/α-hetero) is 1. The van der Waals surface area contributed by atoms with Crippen molar-refractivity contribution in [3.05, 3.63) is 34.6 Å². The highest BCUT2D eigenvalue weighted by atomic mass is 35.5. The molecule has 17 heavy (non-hydrogen) atoms. The first-order valence-electron chi connectivity index (χ1n) is 5.72. The van der Waals surface area contributed by atoms with E-state index in [-0.39, 0.29) is 18.3 Å². The zero-order valence-corrected chi connectivity index (χ0v) is 10.2. The molecule has 1 aliphatic heterocycles. The Labute approximate surface area is 105 Å². The number of hydrogen-bond acceptors (Lipinski definition) is 2. The molecule has 0 radical (unpaired) electrons.